The Bertz CT molecular complexity index is 762. The Kier molecular flexibility index (Phi) is 6.54. The molecule has 0 aromatic heterocycles. The minimum atomic E-state index is 0.275. The molecule has 3 rings (SSSR count). The Labute approximate surface area is 161 Å². The molecule has 0 aliphatic carbocycles. The van der Waals surface area contributed by atoms with Crippen LogP contribution in [0.15, 0.2) is 53.5 Å². The quantitative estimate of drug-likeness (QED) is 0.606. The molecule has 0 spiro atoms. The molecule has 0 saturated carbocycles. The molecule has 3 N–H and O–H groups in total. The first-order chi connectivity index (χ1) is 13.1. The van der Waals surface area contributed by atoms with Crippen LogP contribution in [-0.4, -0.2) is 50.8 Å². The molecule has 6 nitrogen and oxygen atoms in total. The standard InChI is InChI=1S/C21H28N4O2/c1-25(2)18(13-16-7-4-3-5-8-16)15-23-21(22)24-17-9-10-19-20(14-17)27-12-6-11-26-19/h3-5,7-10,14,18H,6,11-13,15H2,1-2H3,(H3,22,23,24). The molecule has 27 heavy (non-hydrogen) atoms. The summed E-state index contributed by atoms with van der Waals surface area (Å²) in [5.74, 6) is 1.90. The van der Waals surface area contributed by atoms with Gasteiger partial charge in [-0.3, -0.25) is 4.99 Å². The molecule has 0 bridgehead atoms. The van der Waals surface area contributed by atoms with Gasteiger partial charge in [-0.25, -0.2) is 0 Å². The fourth-order valence-electron chi connectivity index (χ4n) is 2.93. The van der Waals surface area contributed by atoms with E-state index in [9.17, 15) is 0 Å². The third kappa shape index (κ3) is 5.62. The lowest BCUT2D eigenvalue weighted by molar-refractivity contribution is 0.297. The highest BCUT2D eigenvalue weighted by Gasteiger charge is 2.13. The van der Waals surface area contributed by atoms with Crippen LogP contribution in [0.5, 0.6) is 11.5 Å². The van der Waals surface area contributed by atoms with E-state index in [0.717, 1.165) is 30.0 Å². The van der Waals surface area contributed by atoms with Gasteiger partial charge < -0.3 is 25.4 Å². The lowest BCUT2D eigenvalue weighted by atomic mass is 10.1. The summed E-state index contributed by atoms with van der Waals surface area (Å²) in [6, 6.07) is 16.4. The molecule has 1 aliphatic rings. The Morgan fingerprint density at radius 1 is 1.11 bits per heavy atom. The van der Waals surface area contributed by atoms with E-state index in [0.29, 0.717) is 25.7 Å². The summed E-state index contributed by atoms with van der Waals surface area (Å²) in [5.41, 5.74) is 8.23. The average molecular weight is 368 g/mol. The maximum Gasteiger partial charge on any atom is 0.193 e. The van der Waals surface area contributed by atoms with Crippen LogP contribution in [-0.2, 0) is 6.42 Å². The second-order valence-electron chi connectivity index (χ2n) is 6.87. The monoisotopic (exact) mass is 368 g/mol. The number of anilines is 1. The average Bonchev–Trinajstić information content (AvgIpc) is 2.90. The van der Waals surface area contributed by atoms with Crippen molar-refractivity contribution in [3.63, 3.8) is 0 Å². The van der Waals surface area contributed by atoms with Gasteiger partial charge in [-0.05, 0) is 38.2 Å². The minimum Gasteiger partial charge on any atom is -0.490 e. The SMILES string of the molecule is CN(C)C(CN=C(N)Nc1ccc2c(c1)OCCCO2)Cc1ccccc1. The molecule has 2 aromatic carbocycles. The number of benzene rings is 2. The van der Waals surface area contributed by atoms with Crippen LogP contribution in [0.3, 0.4) is 0 Å². The number of likely N-dealkylation sites (N-methyl/N-ethyl adjacent to an activating group) is 1. The summed E-state index contributed by atoms with van der Waals surface area (Å²) in [5, 5.41) is 3.14. The molecule has 2 aromatic rings. The molecule has 1 aliphatic heterocycles. The Hall–Kier alpha value is -2.73. The van der Waals surface area contributed by atoms with E-state index in [1.165, 1.54) is 5.56 Å². The van der Waals surface area contributed by atoms with Gasteiger partial charge in [0.2, 0.25) is 0 Å². The molecule has 0 saturated heterocycles. The van der Waals surface area contributed by atoms with Crippen LogP contribution in [0, 0.1) is 0 Å². The molecular weight excluding hydrogens is 340 g/mol. The summed E-state index contributed by atoms with van der Waals surface area (Å²) in [7, 11) is 4.13. The van der Waals surface area contributed by atoms with Crippen molar-refractivity contribution in [2.45, 2.75) is 18.9 Å². The third-order valence-electron chi connectivity index (χ3n) is 4.54. The molecule has 1 heterocycles. The van der Waals surface area contributed by atoms with E-state index < -0.39 is 0 Å². The van der Waals surface area contributed by atoms with E-state index in [1.807, 2.05) is 24.3 Å². The highest BCUT2D eigenvalue weighted by Crippen LogP contribution is 2.32. The van der Waals surface area contributed by atoms with Crippen molar-refractivity contribution >= 4 is 11.6 Å². The fourth-order valence-corrected chi connectivity index (χ4v) is 2.93. The number of nitrogens with two attached hydrogens (primary N) is 1. The molecule has 1 atom stereocenters. The van der Waals surface area contributed by atoms with Crippen LogP contribution < -0.4 is 20.5 Å². The highest BCUT2D eigenvalue weighted by atomic mass is 16.5. The zero-order valence-electron chi connectivity index (χ0n) is 16.0. The van der Waals surface area contributed by atoms with Crippen LogP contribution in [0.25, 0.3) is 0 Å². The Balaban J connectivity index is 1.61. The van der Waals surface area contributed by atoms with Crippen molar-refractivity contribution in [3.8, 4) is 11.5 Å². The number of fused-ring (bicyclic) bond motifs is 1. The van der Waals surface area contributed by atoms with Crippen molar-refractivity contribution in [1.82, 2.24) is 4.90 Å². The first-order valence-electron chi connectivity index (χ1n) is 9.29. The Morgan fingerprint density at radius 3 is 2.59 bits per heavy atom. The Morgan fingerprint density at radius 2 is 1.85 bits per heavy atom. The third-order valence-corrected chi connectivity index (χ3v) is 4.54. The van der Waals surface area contributed by atoms with E-state index >= 15 is 0 Å². The number of ether oxygens (including phenoxy) is 2. The maximum atomic E-state index is 6.10. The van der Waals surface area contributed by atoms with Crippen LogP contribution >= 0.6 is 0 Å². The second-order valence-corrected chi connectivity index (χ2v) is 6.87. The van der Waals surface area contributed by atoms with Gasteiger partial charge in [-0.2, -0.15) is 0 Å². The zero-order chi connectivity index (χ0) is 19.1. The summed E-state index contributed by atoms with van der Waals surface area (Å²) >= 11 is 0. The van der Waals surface area contributed by atoms with Gasteiger partial charge in [0.25, 0.3) is 0 Å². The van der Waals surface area contributed by atoms with Crippen LogP contribution in [0.4, 0.5) is 5.69 Å². The van der Waals surface area contributed by atoms with E-state index in [1.54, 1.807) is 0 Å². The fraction of sp³-hybridized carbons (Fsp3) is 0.381. The number of aliphatic imine (C=N–C) groups is 1. The van der Waals surface area contributed by atoms with Gasteiger partial charge in [0.15, 0.2) is 17.5 Å². The lowest BCUT2D eigenvalue weighted by Crippen LogP contribution is -2.34. The van der Waals surface area contributed by atoms with E-state index in [-0.39, 0.29) is 6.04 Å². The first-order valence-corrected chi connectivity index (χ1v) is 9.29. The van der Waals surface area contributed by atoms with Gasteiger partial charge in [-0.15, -0.1) is 0 Å². The van der Waals surface area contributed by atoms with E-state index in [4.69, 9.17) is 15.2 Å². The summed E-state index contributed by atoms with van der Waals surface area (Å²) in [6.07, 6.45) is 1.81. The molecule has 0 radical (unpaired) electrons. The van der Waals surface area contributed by atoms with Crippen molar-refractivity contribution in [3.05, 3.63) is 54.1 Å². The van der Waals surface area contributed by atoms with Crippen molar-refractivity contribution in [2.24, 2.45) is 10.7 Å². The van der Waals surface area contributed by atoms with Gasteiger partial charge in [0.1, 0.15) is 0 Å². The van der Waals surface area contributed by atoms with Gasteiger partial charge in [-0.1, -0.05) is 30.3 Å². The summed E-state index contributed by atoms with van der Waals surface area (Å²) < 4.78 is 11.4. The number of hydrogen-bond donors (Lipinski definition) is 2. The number of nitrogens with one attached hydrogen (secondary N) is 1. The van der Waals surface area contributed by atoms with Gasteiger partial charge in [0, 0.05) is 24.2 Å². The number of rotatable bonds is 6. The normalized spacial score (nSPS) is 15.3. The van der Waals surface area contributed by atoms with Crippen LogP contribution in [0.2, 0.25) is 0 Å². The number of hydrogen-bond acceptors (Lipinski definition) is 4. The summed E-state index contributed by atoms with van der Waals surface area (Å²) in [4.78, 5) is 6.72. The van der Waals surface area contributed by atoms with E-state index in [2.05, 4.69) is 53.6 Å². The molecular formula is C21H28N4O2. The topological polar surface area (TPSA) is 72.1 Å². The maximum absolute atomic E-state index is 6.10. The molecule has 6 heteroatoms. The predicted molar refractivity (Wildman–Crippen MR) is 110 cm³/mol. The number of guanidine groups is 1. The van der Waals surface area contributed by atoms with Crippen molar-refractivity contribution in [2.75, 3.05) is 39.2 Å². The number of nitrogens with zero attached hydrogens (tertiary/aromatic N) is 2. The molecule has 1 unspecified atom stereocenters. The first kappa shape index (κ1) is 19.0. The predicted octanol–water partition coefficient (Wildman–Crippen LogP) is 2.75. The van der Waals surface area contributed by atoms with Crippen molar-refractivity contribution in [1.29, 1.82) is 0 Å². The lowest BCUT2D eigenvalue weighted by Gasteiger charge is -2.23. The highest BCUT2D eigenvalue weighted by molar-refractivity contribution is 5.92. The molecule has 0 amide bonds. The van der Waals surface area contributed by atoms with Gasteiger partial charge >= 0.3 is 0 Å². The largest absolute Gasteiger partial charge is 0.490 e. The summed E-state index contributed by atoms with van der Waals surface area (Å²) in [6.45, 7) is 1.95. The van der Waals surface area contributed by atoms with Crippen LogP contribution in [0.1, 0.15) is 12.0 Å². The second kappa shape index (κ2) is 9.28. The minimum absolute atomic E-state index is 0.275. The smallest absolute Gasteiger partial charge is 0.193 e. The van der Waals surface area contributed by atoms with Crippen molar-refractivity contribution < 1.29 is 9.47 Å². The zero-order valence-corrected chi connectivity index (χ0v) is 16.0. The molecule has 144 valence electrons. The molecule has 0 fully saturated rings. The van der Waals surface area contributed by atoms with Gasteiger partial charge in [0.05, 0.1) is 19.8 Å².